The number of ether oxygens (including phenoxy) is 1. The van der Waals surface area contributed by atoms with Crippen LogP contribution in [0.4, 0.5) is 0 Å². The molecule has 1 aromatic rings. The third kappa shape index (κ3) is 4.57. The van der Waals surface area contributed by atoms with Gasteiger partial charge in [-0.3, -0.25) is 9.59 Å². The molecule has 0 aliphatic carbocycles. The Balaban J connectivity index is 2.01. The zero-order valence-corrected chi connectivity index (χ0v) is 13.7. The van der Waals surface area contributed by atoms with E-state index in [-0.39, 0.29) is 24.3 Å². The first-order valence-electron chi connectivity index (χ1n) is 6.65. The molecule has 0 bridgehead atoms. The van der Waals surface area contributed by atoms with Gasteiger partial charge in [0.25, 0.3) is 0 Å². The van der Waals surface area contributed by atoms with Crippen molar-refractivity contribution in [1.82, 2.24) is 9.88 Å². The predicted molar refractivity (Wildman–Crippen MR) is 85.3 cm³/mol. The third-order valence-corrected chi connectivity index (χ3v) is 5.06. The molecular weight excluding hydrogens is 308 g/mol. The Kier molecular flexibility index (Phi) is 5.81. The normalized spacial score (nSPS) is 19.0. The second-order valence-corrected chi connectivity index (χ2v) is 6.88. The van der Waals surface area contributed by atoms with Crippen LogP contribution in [0.3, 0.4) is 0 Å². The minimum Gasteiger partial charge on any atom is -0.469 e. The van der Waals surface area contributed by atoms with Gasteiger partial charge in [0.15, 0.2) is 0 Å². The second kappa shape index (κ2) is 7.61. The lowest BCUT2D eigenvalue weighted by molar-refractivity contribution is -0.142. The Morgan fingerprint density at radius 2 is 2.38 bits per heavy atom. The van der Waals surface area contributed by atoms with Gasteiger partial charge in [-0.25, -0.2) is 4.98 Å². The van der Waals surface area contributed by atoms with E-state index in [1.165, 1.54) is 13.2 Å². The quantitative estimate of drug-likeness (QED) is 0.625. The van der Waals surface area contributed by atoms with Gasteiger partial charge in [-0.2, -0.15) is 11.8 Å². The van der Waals surface area contributed by atoms with Gasteiger partial charge in [0.05, 0.1) is 30.3 Å². The van der Waals surface area contributed by atoms with Crippen molar-refractivity contribution in [3.05, 3.63) is 22.2 Å². The van der Waals surface area contributed by atoms with Gasteiger partial charge in [0, 0.05) is 29.5 Å². The monoisotopic (exact) mass is 326 g/mol. The predicted octanol–water partition coefficient (Wildman–Crippen LogP) is 1.97. The van der Waals surface area contributed by atoms with Gasteiger partial charge in [-0.05, 0) is 13.0 Å². The minimum atomic E-state index is -0.278. The average molecular weight is 326 g/mol. The summed E-state index contributed by atoms with van der Waals surface area (Å²) in [7, 11) is 1.37. The maximum atomic E-state index is 12.3. The summed E-state index contributed by atoms with van der Waals surface area (Å²) in [6, 6.07) is -0.0921. The van der Waals surface area contributed by atoms with Crippen molar-refractivity contribution < 1.29 is 14.3 Å². The molecule has 0 N–H and O–H groups in total. The summed E-state index contributed by atoms with van der Waals surface area (Å²) < 4.78 is 4.70. The van der Waals surface area contributed by atoms with Crippen LogP contribution in [0.1, 0.15) is 17.1 Å². The number of amides is 1. The van der Waals surface area contributed by atoms with Crippen molar-refractivity contribution in [2.24, 2.45) is 0 Å². The molecule has 21 heavy (non-hydrogen) atoms. The third-order valence-electron chi connectivity index (χ3n) is 3.17. The molecular formula is C14H18N2O3S2. The lowest BCUT2D eigenvalue weighted by atomic mass is 10.2. The highest BCUT2D eigenvalue weighted by Gasteiger charge is 2.28. The summed E-state index contributed by atoms with van der Waals surface area (Å²) in [5, 5.41) is 2.89. The van der Waals surface area contributed by atoms with Gasteiger partial charge in [-0.15, -0.1) is 11.3 Å². The zero-order valence-electron chi connectivity index (χ0n) is 12.1. The topological polar surface area (TPSA) is 59.5 Å². The Labute approximate surface area is 132 Å². The number of carbonyl (C=O) groups is 2. The Morgan fingerprint density at radius 1 is 1.57 bits per heavy atom. The molecule has 1 saturated heterocycles. The SMILES string of the molecule is COC(=O)CC1CSCCN1C(=O)C=Cc1csc(C)n1. The van der Waals surface area contributed by atoms with Crippen LogP contribution in [0.5, 0.6) is 0 Å². The number of thioether (sulfide) groups is 1. The van der Waals surface area contributed by atoms with Crippen LogP contribution in [-0.2, 0) is 14.3 Å². The molecule has 1 aromatic heterocycles. The number of carbonyl (C=O) groups excluding carboxylic acids is 2. The van der Waals surface area contributed by atoms with Crippen LogP contribution in [-0.4, -0.2) is 53.0 Å². The molecule has 114 valence electrons. The van der Waals surface area contributed by atoms with Crippen LogP contribution in [0.2, 0.25) is 0 Å². The molecule has 1 unspecified atom stereocenters. The van der Waals surface area contributed by atoms with Crippen molar-refractivity contribution >= 4 is 41.1 Å². The number of nitrogens with zero attached hydrogens (tertiary/aromatic N) is 2. The van der Waals surface area contributed by atoms with E-state index in [4.69, 9.17) is 4.74 Å². The number of aromatic nitrogens is 1. The smallest absolute Gasteiger partial charge is 0.307 e. The average Bonchev–Trinajstić information content (AvgIpc) is 2.91. The molecule has 1 aliphatic rings. The fourth-order valence-electron chi connectivity index (χ4n) is 2.10. The highest BCUT2D eigenvalue weighted by Crippen LogP contribution is 2.20. The number of aryl methyl sites for hydroxylation is 1. The van der Waals surface area contributed by atoms with E-state index in [0.717, 1.165) is 22.2 Å². The highest BCUT2D eigenvalue weighted by atomic mass is 32.2. The molecule has 0 aromatic carbocycles. The van der Waals surface area contributed by atoms with E-state index < -0.39 is 0 Å². The van der Waals surface area contributed by atoms with E-state index in [1.54, 1.807) is 34.1 Å². The molecule has 5 nitrogen and oxygen atoms in total. The molecule has 1 atom stereocenters. The fourth-order valence-corrected chi connectivity index (χ4v) is 3.74. The lowest BCUT2D eigenvalue weighted by Gasteiger charge is -2.34. The van der Waals surface area contributed by atoms with Crippen molar-refractivity contribution in [2.75, 3.05) is 25.2 Å². The van der Waals surface area contributed by atoms with Gasteiger partial charge in [0.2, 0.25) is 5.91 Å². The highest BCUT2D eigenvalue weighted by molar-refractivity contribution is 7.99. The van der Waals surface area contributed by atoms with Gasteiger partial charge in [0.1, 0.15) is 0 Å². The molecule has 0 saturated carbocycles. The molecule has 2 heterocycles. The first-order chi connectivity index (χ1) is 10.1. The second-order valence-electron chi connectivity index (χ2n) is 4.67. The standard InChI is InChI=1S/C14H18N2O3S2/c1-10-15-11(8-21-10)3-4-13(17)16-5-6-20-9-12(16)7-14(18)19-2/h3-4,8,12H,5-7,9H2,1-2H3. The maximum absolute atomic E-state index is 12.3. The number of thiazole rings is 1. The molecule has 1 fully saturated rings. The Bertz CT molecular complexity index is 542. The number of hydrogen-bond acceptors (Lipinski definition) is 6. The number of methoxy groups -OCH3 is 1. The molecule has 0 spiro atoms. The first-order valence-corrected chi connectivity index (χ1v) is 8.69. The van der Waals surface area contributed by atoms with E-state index >= 15 is 0 Å². The fraction of sp³-hybridized carbons (Fsp3) is 0.500. The maximum Gasteiger partial charge on any atom is 0.307 e. The van der Waals surface area contributed by atoms with Gasteiger partial charge >= 0.3 is 5.97 Å². The Morgan fingerprint density at radius 3 is 3.05 bits per heavy atom. The Hall–Kier alpha value is -1.34. The van der Waals surface area contributed by atoms with Crippen LogP contribution in [0.15, 0.2) is 11.5 Å². The van der Waals surface area contributed by atoms with Crippen molar-refractivity contribution in [3.63, 3.8) is 0 Å². The number of esters is 1. The van der Waals surface area contributed by atoms with E-state index in [2.05, 4.69) is 4.98 Å². The van der Waals surface area contributed by atoms with Crippen LogP contribution < -0.4 is 0 Å². The van der Waals surface area contributed by atoms with Crippen LogP contribution in [0.25, 0.3) is 6.08 Å². The van der Waals surface area contributed by atoms with E-state index in [1.807, 2.05) is 12.3 Å². The van der Waals surface area contributed by atoms with Gasteiger partial charge in [-0.1, -0.05) is 0 Å². The lowest BCUT2D eigenvalue weighted by Crippen LogP contribution is -2.46. The first kappa shape index (κ1) is 16.0. The van der Waals surface area contributed by atoms with E-state index in [9.17, 15) is 9.59 Å². The summed E-state index contributed by atoms with van der Waals surface area (Å²) >= 11 is 3.31. The van der Waals surface area contributed by atoms with Crippen molar-refractivity contribution in [3.8, 4) is 0 Å². The molecule has 7 heteroatoms. The number of hydrogen-bond donors (Lipinski definition) is 0. The van der Waals surface area contributed by atoms with Crippen LogP contribution >= 0.6 is 23.1 Å². The largest absolute Gasteiger partial charge is 0.469 e. The summed E-state index contributed by atoms with van der Waals surface area (Å²) in [6.07, 6.45) is 3.51. The summed E-state index contributed by atoms with van der Waals surface area (Å²) in [6.45, 7) is 2.59. The van der Waals surface area contributed by atoms with Crippen molar-refractivity contribution in [2.45, 2.75) is 19.4 Å². The van der Waals surface area contributed by atoms with Gasteiger partial charge < -0.3 is 9.64 Å². The molecule has 1 amide bonds. The minimum absolute atomic E-state index is 0.0742. The summed E-state index contributed by atoms with van der Waals surface area (Å²) in [4.78, 5) is 29.8. The summed E-state index contributed by atoms with van der Waals surface area (Å²) in [5.41, 5.74) is 0.793. The number of rotatable bonds is 4. The van der Waals surface area contributed by atoms with Crippen LogP contribution in [0, 0.1) is 6.92 Å². The molecule has 0 radical (unpaired) electrons. The summed E-state index contributed by atoms with van der Waals surface area (Å²) in [5.74, 6) is 1.31. The van der Waals surface area contributed by atoms with E-state index in [0.29, 0.717) is 6.54 Å². The molecule has 1 aliphatic heterocycles. The van der Waals surface area contributed by atoms with Crippen molar-refractivity contribution in [1.29, 1.82) is 0 Å². The molecule has 2 rings (SSSR count). The zero-order chi connectivity index (χ0) is 15.2.